The molecule has 1 amide bonds. The number of aromatic nitrogens is 1. The molecule has 2 rings (SSSR count). The molecule has 19 heavy (non-hydrogen) atoms. The average Bonchev–Trinajstić information content (AvgIpc) is 2.66. The highest BCUT2D eigenvalue weighted by Crippen LogP contribution is 2.13. The zero-order valence-corrected chi connectivity index (χ0v) is 11.5. The summed E-state index contributed by atoms with van der Waals surface area (Å²) in [4.78, 5) is 28.9. The molecule has 1 aliphatic rings. The van der Waals surface area contributed by atoms with Crippen molar-refractivity contribution in [3.05, 3.63) is 33.7 Å². The van der Waals surface area contributed by atoms with E-state index in [-0.39, 0.29) is 22.9 Å². The molecule has 0 spiro atoms. The Balaban J connectivity index is 2.15. The summed E-state index contributed by atoms with van der Waals surface area (Å²) in [6.07, 6.45) is 4.50. The molecule has 0 radical (unpaired) electrons. The number of amides is 1. The van der Waals surface area contributed by atoms with Crippen LogP contribution < -0.4 is 10.7 Å². The van der Waals surface area contributed by atoms with Gasteiger partial charge in [0.2, 0.25) is 0 Å². The molecule has 5 nitrogen and oxygen atoms in total. The smallest absolute Gasteiger partial charge is 0.259 e. The van der Waals surface area contributed by atoms with E-state index in [1.165, 1.54) is 12.3 Å². The van der Waals surface area contributed by atoms with Crippen molar-refractivity contribution < 1.29 is 4.79 Å². The molecule has 104 valence electrons. The SMILES string of the molecule is Cc1cc(=O)c(C(=O)N(C)C2CCCNCC2)c[nH]1. The van der Waals surface area contributed by atoms with Crippen LogP contribution in [0.25, 0.3) is 0 Å². The minimum absolute atomic E-state index is 0.187. The molecule has 2 N–H and O–H groups in total. The summed E-state index contributed by atoms with van der Waals surface area (Å²) >= 11 is 0. The fraction of sp³-hybridized carbons (Fsp3) is 0.571. The number of nitrogens with one attached hydrogen (secondary N) is 2. The summed E-state index contributed by atoms with van der Waals surface area (Å²) in [6, 6.07) is 1.68. The number of aryl methyl sites for hydroxylation is 1. The van der Waals surface area contributed by atoms with Crippen molar-refractivity contribution in [2.24, 2.45) is 0 Å². The molecule has 1 unspecified atom stereocenters. The van der Waals surface area contributed by atoms with Gasteiger partial charge in [-0.05, 0) is 39.3 Å². The van der Waals surface area contributed by atoms with Gasteiger partial charge in [0.15, 0.2) is 5.43 Å². The standard InChI is InChI=1S/C14H21N3O2/c1-10-8-13(18)12(9-16-10)14(19)17(2)11-4-3-6-15-7-5-11/h8-9,11,15H,3-7H2,1-2H3,(H,16,18). The van der Waals surface area contributed by atoms with Gasteiger partial charge in [0, 0.05) is 31.0 Å². The summed E-state index contributed by atoms with van der Waals surface area (Å²) in [6.45, 7) is 3.73. The van der Waals surface area contributed by atoms with Crippen LogP contribution in [0.4, 0.5) is 0 Å². The number of H-pyrrole nitrogens is 1. The quantitative estimate of drug-likeness (QED) is 0.833. The molecule has 0 saturated carbocycles. The molecule has 1 aromatic rings. The van der Waals surface area contributed by atoms with Crippen LogP contribution in [0.3, 0.4) is 0 Å². The Morgan fingerprint density at radius 3 is 2.89 bits per heavy atom. The Bertz CT molecular complexity index is 502. The molecule has 1 aliphatic heterocycles. The van der Waals surface area contributed by atoms with E-state index < -0.39 is 0 Å². The summed E-state index contributed by atoms with van der Waals surface area (Å²) in [7, 11) is 1.79. The summed E-state index contributed by atoms with van der Waals surface area (Å²) < 4.78 is 0. The largest absolute Gasteiger partial charge is 0.364 e. The van der Waals surface area contributed by atoms with E-state index >= 15 is 0 Å². The lowest BCUT2D eigenvalue weighted by molar-refractivity contribution is 0.0718. The third kappa shape index (κ3) is 3.23. The van der Waals surface area contributed by atoms with E-state index in [0.717, 1.165) is 38.0 Å². The summed E-state index contributed by atoms with van der Waals surface area (Å²) in [5.74, 6) is -0.187. The van der Waals surface area contributed by atoms with Crippen LogP contribution >= 0.6 is 0 Å². The molecule has 2 heterocycles. The molecule has 5 heteroatoms. The zero-order valence-electron chi connectivity index (χ0n) is 11.5. The Morgan fingerprint density at radius 2 is 2.16 bits per heavy atom. The Labute approximate surface area is 113 Å². The van der Waals surface area contributed by atoms with Gasteiger partial charge in [-0.25, -0.2) is 0 Å². The number of nitrogens with zero attached hydrogens (tertiary/aromatic N) is 1. The van der Waals surface area contributed by atoms with Gasteiger partial charge in [0.1, 0.15) is 5.56 Å². The fourth-order valence-electron chi connectivity index (χ4n) is 2.48. The van der Waals surface area contributed by atoms with Crippen LogP contribution in [0.15, 0.2) is 17.1 Å². The van der Waals surface area contributed by atoms with Crippen molar-refractivity contribution in [2.45, 2.75) is 32.2 Å². The van der Waals surface area contributed by atoms with E-state index in [1.54, 1.807) is 18.9 Å². The number of pyridine rings is 1. The maximum absolute atomic E-state index is 12.4. The van der Waals surface area contributed by atoms with Gasteiger partial charge in [-0.2, -0.15) is 0 Å². The lowest BCUT2D eigenvalue weighted by Crippen LogP contribution is -2.39. The highest BCUT2D eigenvalue weighted by molar-refractivity contribution is 5.93. The fourth-order valence-corrected chi connectivity index (χ4v) is 2.48. The Hall–Kier alpha value is -1.62. The van der Waals surface area contributed by atoms with E-state index in [0.29, 0.717) is 0 Å². The number of carbonyl (C=O) groups excluding carboxylic acids is 1. The number of hydrogen-bond donors (Lipinski definition) is 2. The minimum atomic E-state index is -0.208. The predicted molar refractivity (Wildman–Crippen MR) is 74.4 cm³/mol. The lowest BCUT2D eigenvalue weighted by Gasteiger charge is -2.26. The molecule has 0 bridgehead atoms. The molecule has 1 fully saturated rings. The maximum Gasteiger partial charge on any atom is 0.259 e. The van der Waals surface area contributed by atoms with E-state index in [9.17, 15) is 9.59 Å². The second-order valence-corrected chi connectivity index (χ2v) is 5.14. The van der Waals surface area contributed by atoms with Gasteiger partial charge in [0.05, 0.1) is 0 Å². The molecular weight excluding hydrogens is 242 g/mol. The minimum Gasteiger partial charge on any atom is -0.364 e. The highest BCUT2D eigenvalue weighted by atomic mass is 16.2. The van der Waals surface area contributed by atoms with Crippen LogP contribution in [-0.2, 0) is 0 Å². The lowest BCUT2D eigenvalue weighted by atomic mass is 10.1. The summed E-state index contributed by atoms with van der Waals surface area (Å²) in [5.41, 5.74) is 0.785. The van der Waals surface area contributed by atoms with Gasteiger partial charge in [-0.3, -0.25) is 9.59 Å². The molecular formula is C14H21N3O2. The van der Waals surface area contributed by atoms with E-state index in [4.69, 9.17) is 0 Å². The van der Waals surface area contributed by atoms with Gasteiger partial charge in [-0.15, -0.1) is 0 Å². The van der Waals surface area contributed by atoms with Crippen LogP contribution in [0.1, 0.15) is 35.3 Å². The van der Waals surface area contributed by atoms with Crippen molar-refractivity contribution >= 4 is 5.91 Å². The van der Waals surface area contributed by atoms with E-state index in [2.05, 4.69) is 10.3 Å². The third-order valence-electron chi connectivity index (χ3n) is 3.70. The van der Waals surface area contributed by atoms with E-state index in [1.807, 2.05) is 0 Å². The van der Waals surface area contributed by atoms with Gasteiger partial charge >= 0.3 is 0 Å². The number of rotatable bonds is 2. The first-order valence-electron chi connectivity index (χ1n) is 6.77. The monoisotopic (exact) mass is 263 g/mol. The highest BCUT2D eigenvalue weighted by Gasteiger charge is 2.23. The summed E-state index contributed by atoms with van der Waals surface area (Å²) in [5, 5.41) is 3.32. The van der Waals surface area contributed by atoms with Crippen LogP contribution in [0.5, 0.6) is 0 Å². The second-order valence-electron chi connectivity index (χ2n) is 5.14. The molecule has 0 aliphatic carbocycles. The molecule has 1 atom stereocenters. The van der Waals surface area contributed by atoms with Crippen LogP contribution in [0.2, 0.25) is 0 Å². The normalized spacial score (nSPS) is 19.8. The van der Waals surface area contributed by atoms with Gasteiger partial charge in [-0.1, -0.05) is 0 Å². The van der Waals surface area contributed by atoms with Crippen molar-refractivity contribution in [1.29, 1.82) is 0 Å². The average molecular weight is 263 g/mol. The van der Waals surface area contributed by atoms with Crippen LogP contribution in [-0.4, -0.2) is 42.0 Å². The second kappa shape index (κ2) is 6.02. The number of hydrogen-bond acceptors (Lipinski definition) is 3. The van der Waals surface area contributed by atoms with Crippen molar-refractivity contribution in [3.8, 4) is 0 Å². The number of aromatic amines is 1. The van der Waals surface area contributed by atoms with Crippen molar-refractivity contribution in [2.75, 3.05) is 20.1 Å². The zero-order chi connectivity index (χ0) is 13.8. The Morgan fingerprint density at radius 1 is 1.37 bits per heavy atom. The Kier molecular flexibility index (Phi) is 4.37. The molecule has 1 saturated heterocycles. The predicted octanol–water partition coefficient (Wildman–Crippen LogP) is 0.897. The van der Waals surface area contributed by atoms with Gasteiger partial charge in [0.25, 0.3) is 5.91 Å². The maximum atomic E-state index is 12.4. The van der Waals surface area contributed by atoms with Crippen molar-refractivity contribution in [3.63, 3.8) is 0 Å². The first kappa shape index (κ1) is 13.8. The van der Waals surface area contributed by atoms with Gasteiger partial charge < -0.3 is 15.2 Å². The molecule has 0 aromatic carbocycles. The third-order valence-corrected chi connectivity index (χ3v) is 3.70. The van der Waals surface area contributed by atoms with Crippen LogP contribution in [0, 0.1) is 6.92 Å². The number of carbonyl (C=O) groups is 1. The topological polar surface area (TPSA) is 65.2 Å². The van der Waals surface area contributed by atoms with Crippen molar-refractivity contribution in [1.82, 2.24) is 15.2 Å². The first-order chi connectivity index (χ1) is 9.09. The molecule has 1 aromatic heterocycles. The first-order valence-corrected chi connectivity index (χ1v) is 6.77.